The van der Waals surface area contributed by atoms with Gasteiger partial charge in [-0.25, -0.2) is 0 Å². The number of β-amino-alcohol motifs (C(OH)–C–C–N with tert-alkyl or cyclic N) is 1. The van der Waals surface area contributed by atoms with Gasteiger partial charge < -0.3 is 10.0 Å². The summed E-state index contributed by atoms with van der Waals surface area (Å²) >= 11 is 0. The van der Waals surface area contributed by atoms with Crippen molar-refractivity contribution in [3.8, 4) is 11.4 Å². The number of hydrogen-bond donors (Lipinski definition) is 1. The topological polar surface area (TPSA) is 84.1 Å². The Labute approximate surface area is 115 Å². The second-order valence-electron chi connectivity index (χ2n) is 4.79. The predicted octanol–water partition coefficient (Wildman–Crippen LogP) is -0.0667. The number of carbonyl (C=O) groups is 1. The first-order valence-electron chi connectivity index (χ1n) is 6.51. The van der Waals surface area contributed by atoms with Crippen molar-refractivity contribution < 1.29 is 9.90 Å². The van der Waals surface area contributed by atoms with Crippen molar-refractivity contribution in [2.24, 2.45) is 0 Å². The van der Waals surface area contributed by atoms with Gasteiger partial charge in [-0.1, -0.05) is 30.3 Å². The molecule has 0 bridgehead atoms. The zero-order valence-corrected chi connectivity index (χ0v) is 10.9. The minimum absolute atomic E-state index is 0.0482. The normalized spacial score (nSPS) is 18.4. The third kappa shape index (κ3) is 2.67. The van der Waals surface area contributed by atoms with Crippen LogP contribution in [0.2, 0.25) is 0 Å². The molecule has 104 valence electrons. The van der Waals surface area contributed by atoms with Crippen molar-refractivity contribution in [2.45, 2.75) is 19.1 Å². The van der Waals surface area contributed by atoms with E-state index in [2.05, 4.69) is 15.4 Å². The highest BCUT2D eigenvalue weighted by Crippen LogP contribution is 2.12. The van der Waals surface area contributed by atoms with Gasteiger partial charge in [0.25, 0.3) is 0 Å². The van der Waals surface area contributed by atoms with E-state index >= 15 is 0 Å². The predicted molar refractivity (Wildman–Crippen MR) is 70.5 cm³/mol. The molecule has 1 aliphatic rings. The number of aromatic nitrogens is 4. The largest absolute Gasteiger partial charge is 0.391 e. The minimum atomic E-state index is -0.414. The number of amides is 1. The van der Waals surface area contributed by atoms with E-state index in [-0.39, 0.29) is 12.5 Å². The van der Waals surface area contributed by atoms with Crippen molar-refractivity contribution >= 4 is 5.91 Å². The molecule has 7 nitrogen and oxygen atoms in total. The molecule has 0 unspecified atom stereocenters. The van der Waals surface area contributed by atoms with E-state index in [1.54, 1.807) is 4.90 Å². The minimum Gasteiger partial charge on any atom is -0.391 e. The average molecular weight is 273 g/mol. The number of aliphatic hydroxyl groups excluding tert-OH is 1. The summed E-state index contributed by atoms with van der Waals surface area (Å²) in [4.78, 5) is 14.9. The molecule has 0 aliphatic carbocycles. The SMILES string of the molecule is O=C(Cn1nnc(-c2ccccc2)n1)N1CC[C@@H](O)C1. The molecule has 3 rings (SSSR count). The van der Waals surface area contributed by atoms with Crippen LogP contribution >= 0.6 is 0 Å². The molecule has 1 amide bonds. The van der Waals surface area contributed by atoms with Crippen LogP contribution in [0.4, 0.5) is 0 Å². The maximum atomic E-state index is 12.0. The van der Waals surface area contributed by atoms with Crippen molar-refractivity contribution in [1.29, 1.82) is 0 Å². The quantitative estimate of drug-likeness (QED) is 0.846. The molecular weight excluding hydrogens is 258 g/mol. The summed E-state index contributed by atoms with van der Waals surface area (Å²) in [7, 11) is 0. The number of nitrogens with zero attached hydrogens (tertiary/aromatic N) is 5. The molecule has 7 heteroatoms. The number of rotatable bonds is 3. The highest BCUT2D eigenvalue weighted by atomic mass is 16.3. The highest BCUT2D eigenvalue weighted by molar-refractivity contribution is 5.76. The standard InChI is InChI=1S/C13H15N5O2/c19-11-6-7-17(8-11)12(20)9-18-15-13(14-16-18)10-4-2-1-3-5-10/h1-5,11,19H,6-9H2/t11-/m1/s1. The van der Waals surface area contributed by atoms with Crippen LogP contribution in [0.25, 0.3) is 11.4 Å². The van der Waals surface area contributed by atoms with Crippen LogP contribution < -0.4 is 0 Å². The second-order valence-corrected chi connectivity index (χ2v) is 4.79. The second kappa shape index (κ2) is 5.38. The Morgan fingerprint density at radius 2 is 2.15 bits per heavy atom. The molecule has 1 aromatic carbocycles. The first-order chi connectivity index (χ1) is 9.72. The van der Waals surface area contributed by atoms with Crippen molar-refractivity contribution in [2.75, 3.05) is 13.1 Å². The fraction of sp³-hybridized carbons (Fsp3) is 0.385. The number of hydrogen-bond acceptors (Lipinski definition) is 5. The lowest BCUT2D eigenvalue weighted by Gasteiger charge is -2.14. The van der Waals surface area contributed by atoms with Crippen LogP contribution in [0, 0.1) is 0 Å². The lowest BCUT2D eigenvalue weighted by atomic mass is 10.2. The number of benzene rings is 1. The number of aliphatic hydroxyl groups is 1. The van der Waals surface area contributed by atoms with Crippen molar-refractivity contribution in [1.82, 2.24) is 25.1 Å². The van der Waals surface area contributed by atoms with E-state index in [1.165, 1.54) is 4.80 Å². The van der Waals surface area contributed by atoms with E-state index in [9.17, 15) is 9.90 Å². The third-order valence-electron chi connectivity index (χ3n) is 3.28. The fourth-order valence-electron chi connectivity index (χ4n) is 2.20. The highest BCUT2D eigenvalue weighted by Gasteiger charge is 2.25. The van der Waals surface area contributed by atoms with Gasteiger partial charge in [-0.15, -0.1) is 10.2 Å². The molecule has 1 aromatic heterocycles. The molecule has 0 spiro atoms. The van der Waals surface area contributed by atoms with Gasteiger partial charge in [-0.05, 0) is 11.6 Å². The van der Waals surface area contributed by atoms with Crippen LogP contribution in [-0.2, 0) is 11.3 Å². The molecule has 1 N–H and O–H groups in total. The van der Waals surface area contributed by atoms with Gasteiger partial charge in [0.05, 0.1) is 6.10 Å². The Bertz CT molecular complexity index is 598. The zero-order valence-electron chi connectivity index (χ0n) is 10.9. The van der Waals surface area contributed by atoms with Gasteiger partial charge in [-0.3, -0.25) is 4.79 Å². The summed E-state index contributed by atoms with van der Waals surface area (Å²) in [5.41, 5.74) is 0.864. The van der Waals surface area contributed by atoms with Gasteiger partial charge in [-0.2, -0.15) is 4.80 Å². The Hall–Kier alpha value is -2.28. The van der Waals surface area contributed by atoms with E-state index in [0.29, 0.717) is 25.3 Å². The molecule has 1 atom stereocenters. The molecular formula is C13H15N5O2. The van der Waals surface area contributed by atoms with Gasteiger partial charge in [0.2, 0.25) is 11.7 Å². The van der Waals surface area contributed by atoms with Gasteiger partial charge >= 0.3 is 0 Å². The Kier molecular flexibility index (Phi) is 3.42. The van der Waals surface area contributed by atoms with Crippen LogP contribution in [0.3, 0.4) is 0 Å². The number of tetrazole rings is 1. The van der Waals surface area contributed by atoms with E-state index < -0.39 is 6.10 Å². The van der Waals surface area contributed by atoms with Crippen LogP contribution in [0.15, 0.2) is 30.3 Å². The summed E-state index contributed by atoms with van der Waals surface area (Å²) in [5.74, 6) is 0.401. The monoisotopic (exact) mass is 273 g/mol. The molecule has 20 heavy (non-hydrogen) atoms. The lowest BCUT2D eigenvalue weighted by molar-refractivity contribution is -0.131. The summed E-state index contributed by atoms with van der Waals surface area (Å²) in [6, 6.07) is 9.48. The molecule has 1 aliphatic heterocycles. The van der Waals surface area contributed by atoms with E-state index in [4.69, 9.17) is 0 Å². The smallest absolute Gasteiger partial charge is 0.246 e. The molecule has 1 fully saturated rings. The van der Waals surface area contributed by atoms with Crippen LogP contribution in [0.1, 0.15) is 6.42 Å². The van der Waals surface area contributed by atoms with Crippen LogP contribution in [0.5, 0.6) is 0 Å². The lowest BCUT2D eigenvalue weighted by Crippen LogP contribution is -2.33. The van der Waals surface area contributed by atoms with Gasteiger partial charge in [0.15, 0.2) is 0 Å². The zero-order chi connectivity index (χ0) is 13.9. The first kappa shape index (κ1) is 12.7. The summed E-state index contributed by atoms with van der Waals surface area (Å²) < 4.78 is 0. The molecule has 2 heterocycles. The molecule has 1 saturated heterocycles. The Balaban J connectivity index is 1.67. The van der Waals surface area contributed by atoms with Crippen molar-refractivity contribution in [3.05, 3.63) is 30.3 Å². The number of carbonyl (C=O) groups excluding carboxylic acids is 1. The van der Waals surface area contributed by atoms with Gasteiger partial charge in [0.1, 0.15) is 6.54 Å². The summed E-state index contributed by atoms with van der Waals surface area (Å²) in [6.07, 6.45) is 0.216. The Morgan fingerprint density at radius 3 is 2.85 bits per heavy atom. The number of likely N-dealkylation sites (tertiary alicyclic amines) is 1. The fourth-order valence-corrected chi connectivity index (χ4v) is 2.20. The third-order valence-corrected chi connectivity index (χ3v) is 3.28. The van der Waals surface area contributed by atoms with Crippen LogP contribution in [-0.4, -0.2) is 55.3 Å². The maximum Gasteiger partial charge on any atom is 0.246 e. The summed E-state index contributed by atoms with van der Waals surface area (Å²) in [6.45, 7) is 1.02. The summed E-state index contributed by atoms with van der Waals surface area (Å²) in [5, 5.41) is 21.4. The molecule has 0 saturated carbocycles. The molecule has 2 aromatic rings. The first-order valence-corrected chi connectivity index (χ1v) is 6.51. The Morgan fingerprint density at radius 1 is 1.35 bits per heavy atom. The van der Waals surface area contributed by atoms with E-state index in [0.717, 1.165) is 5.56 Å². The van der Waals surface area contributed by atoms with Gasteiger partial charge in [0, 0.05) is 18.7 Å². The maximum absolute atomic E-state index is 12.0. The molecule has 0 radical (unpaired) electrons. The van der Waals surface area contributed by atoms with E-state index in [1.807, 2.05) is 30.3 Å². The van der Waals surface area contributed by atoms with Crippen molar-refractivity contribution in [3.63, 3.8) is 0 Å². The average Bonchev–Trinajstić information content (AvgIpc) is 3.09.